The highest BCUT2D eigenvalue weighted by molar-refractivity contribution is 5.87. The fourth-order valence-corrected chi connectivity index (χ4v) is 5.09. The van der Waals surface area contributed by atoms with Gasteiger partial charge >= 0.3 is 5.97 Å². The van der Waals surface area contributed by atoms with Gasteiger partial charge in [0.15, 0.2) is 0 Å². The first-order valence-corrected chi connectivity index (χ1v) is 11.2. The van der Waals surface area contributed by atoms with Crippen molar-refractivity contribution in [1.29, 1.82) is 0 Å². The lowest BCUT2D eigenvalue weighted by Gasteiger charge is -2.29. The third-order valence-corrected chi connectivity index (χ3v) is 6.76. The normalized spacial score (nSPS) is 17.0. The van der Waals surface area contributed by atoms with Crippen LogP contribution in [0.3, 0.4) is 0 Å². The number of hydrogen-bond donors (Lipinski definition) is 1. The zero-order valence-electron chi connectivity index (χ0n) is 19.3. The smallest absolute Gasteiger partial charge is 0.335 e. The fourth-order valence-electron chi connectivity index (χ4n) is 5.09. The molecule has 4 nitrogen and oxygen atoms in total. The van der Waals surface area contributed by atoms with E-state index in [0.717, 1.165) is 71.4 Å². The van der Waals surface area contributed by atoms with Gasteiger partial charge in [-0.2, -0.15) is 0 Å². The molecule has 1 unspecified atom stereocenters. The maximum Gasteiger partial charge on any atom is 0.335 e. The summed E-state index contributed by atoms with van der Waals surface area (Å²) in [6, 6.07) is 16.4. The highest BCUT2D eigenvalue weighted by atomic mass is 19.1. The summed E-state index contributed by atoms with van der Waals surface area (Å²) in [6.07, 6.45) is 3.90. The van der Waals surface area contributed by atoms with Gasteiger partial charge in [0.05, 0.1) is 19.8 Å². The molecule has 0 bridgehead atoms. The van der Waals surface area contributed by atoms with Crippen LogP contribution >= 0.6 is 0 Å². The molecule has 33 heavy (non-hydrogen) atoms. The predicted octanol–water partition coefficient (Wildman–Crippen LogP) is 5.77. The average molecular weight is 449 g/mol. The Hall–Kier alpha value is -3.34. The van der Waals surface area contributed by atoms with Crippen molar-refractivity contribution < 1.29 is 23.8 Å². The van der Waals surface area contributed by atoms with E-state index in [0.29, 0.717) is 0 Å². The van der Waals surface area contributed by atoms with Gasteiger partial charge in [-0.15, -0.1) is 0 Å². The number of carbonyl (C=O) groups is 1. The third kappa shape index (κ3) is 4.72. The van der Waals surface area contributed by atoms with Gasteiger partial charge in [-0.05, 0) is 95.7 Å². The van der Waals surface area contributed by atoms with E-state index in [4.69, 9.17) is 14.6 Å². The molecule has 0 spiro atoms. The van der Waals surface area contributed by atoms with E-state index in [1.807, 2.05) is 36.4 Å². The number of ether oxygens (including phenoxy) is 2. The minimum atomic E-state index is -0.928. The average Bonchev–Trinajstić information content (AvgIpc) is 3.16. The molecule has 1 aliphatic carbocycles. The number of rotatable bonds is 8. The summed E-state index contributed by atoms with van der Waals surface area (Å²) in [5.74, 6) is 0.431. The fraction of sp³-hybridized carbons (Fsp3) is 0.321. The standard InChI is InChI=1S/C28H29FO4/c1-28(17-19-14-22(32-2)16-23(15-19)33-3)13-12-24-25(29)11-10-20(26(24)28)7-4-18-5-8-21(9-6-18)27(30)31/h5-6,8-11,14-16H,4,7,12-13,17H2,1-3H3,(H,30,31). The highest BCUT2D eigenvalue weighted by Crippen LogP contribution is 2.45. The zero-order valence-corrected chi connectivity index (χ0v) is 19.3. The number of carboxylic acid groups (broad SMARTS) is 1. The summed E-state index contributed by atoms with van der Waals surface area (Å²) in [6.45, 7) is 2.22. The van der Waals surface area contributed by atoms with Crippen LogP contribution in [0.15, 0.2) is 54.6 Å². The second-order valence-electron chi connectivity index (χ2n) is 9.02. The Morgan fingerprint density at radius 3 is 2.24 bits per heavy atom. The van der Waals surface area contributed by atoms with Crippen LogP contribution in [0.25, 0.3) is 0 Å². The Bertz CT molecular complexity index is 1150. The van der Waals surface area contributed by atoms with Gasteiger partial charge in [0.1, 0.15) is 17.3 Å². The summed E-state index contributed by atoms with van der Waals surface area (Å²) in [5.41, 5.74) is 5.34. The van der Waals surface area contributed by atoms with Crippen LogP contribution in [0, 0.1) is 5.82 Å². The summed E-state index contributed by atoms with van der Waals surface area (Å²) < 4.78 is 25.7. The molecule has 0 aliphatic heterocycles. The van der Waals surface area contributed by atoms with Crippen molar-refractivity contribution in [3.8, 4) is 11.5 Å². The number of aryl methyl sites for hydroxylation is 2. The Morgan fingerprint density at radius 1 is 0.970 bits per heavy atom. The van der Waals surface area contributed by atoms with Crippen LogP contribution in [0.5, 0.6) is 11.5 Å². The van der Waals surface area contributed by atoms with E-state index in [1.165, 1.54) is 0 Å². The number of benzene rings is 3. The van der Waals surface area contributed by atoms with Crippen molar-refractivity contribution in [3.05, 3.63) is 93.8 Å². The number of methoxy groups -OCH3 is 2. The molecule has 172 valence electrons. The van der Waals surface area contributed by atoms with Crippen LogP contribution in [0.1, 0.15) is 51.5 Å². The molecule has 1 N–H and O–H groups in total. The maximum absolute atomic E-state index is 14.8. The quantitative estimate of drug-likeness (QED) is 0.475. The Labute approximate surface area is 194 Å². The molecule has 0 fully saturated rings. The lowest BCUT2D eigenvalue weighted by molar-refractivity contribution is 0.0697. The maximum atomic E-state index is 14.8. The lowest BCUT2D eigenvalue weighted by atomic mass is 9.76. The molecule has 4 rings (SSSR count). The van der Waals surface area contributed by atoms with Gasteiger partial charge in [0.2, 0.25) is 0 Å². The van der Waals surface area contributed by atoms with Crippen LogP contribution in [0.2, 0.25) is 0 Å². The van der Waals surface area contributed by atoms with Crippen molar-refractivity contribution in [2.24, 2.45) is 0 Å². The molecular weight excluding hydrogens is 419 g/mol. The molecule has 0 aromatic heterocycles. The molecule has 1 atom stereocenters. The van der Waals surface area contributed by atoms with Crippen molar-refractivity contribution in [2.75, 3.05) is 14.2 Å². The van der Waals surface area contributed by atoms with E-state index in [1.54, 1.807) is 32.4 Å². The number of fused-ring (bicyclic) bond motifs is 1. The van der Waals surface area contributed by atoms with Crippen LogP contribution in [0.4, 0.5) is 4.39 Å². The molecule has 0 saturated heterocycles. The number of hydrogen-bond acceptors (Lipinski definition) is 3. The Balaban J connectivity index is 1.63. The van der Waals surface area contributed by atoms with E-state index < -0.39 is 5.97 Å². The van der Waals surface area contributed by atoms with Gasteiger partial charge in [-0.25, -0.2) is 9.18 Å². The van der Waals surface area contributed by atoms with Crippen molar-refractivity contribution >= 4 is 5.97 Å². The Morgan fingerprint density at radius 2 is 1.64 bits per heavy atom. The second-order valence-corrected chi connectivity index (χ2v) is 9.02. The van der Waals surface area contributed by atoms with E-state index in [9.17, 15) is 9.18 Å². The highest BCUT2D eigenvalue weighted by Gasteiger charge is 2.38. The van der Waals surface area contributed by atoms with E-state index in [-0.39, 0.29) is 16.8 Å². The second kappa shape index (κ2) is 9.26. The Kier molecular flexibility index (Phi) is 6.41. The first kappa shape index (κ1) is 22.8. The summed E-state index contributed by atoms with van der Waals surface area (Å²) >= 11 is 0. The molecule has 0 radical (unpaired) electrons. The van der Waals surface area contributed by atoms with Gasteiger partial charge in [-0.1, -0.05) is 25.1 Å². The van der Waals surface area contributed by atoms with E-state index in [2.05, 4.69) is 6.92 Å². The molecule has 0 amide bonds. The predicted molar refractivity (Wildman–Crippen MR) is 126 cm³/mol. The number of carboxylic acids is 1. The van der Waals surface area contributed by atoms with Gasteiger partial charge in [-0.3, -0.25) is 0 Å². The summed E-state index contributed by atoms with van der Waals surface area (Å²) in [5, 5.41) is 9.11. The summed E-state index contributed by atoms with van der Waals surface area (Å²) in [4.78, 5) is 11.1. The monoisotopic (exact) mass is 448 g/mol. The van der Waals surface area contributed by atoms with Crippen LogP contribution in [-0.4, -0.2) is 25.3 Å². The zero-order chi connectivity index (χ0) is 23.6. The lowest BCUT2D eigenvalue weighted by Crippen LogP contribution is -2.23. The molecule has 0 heterocycles. The summed E-state index contributed by atoms with van der Waals surface area (Å²) in [7, 11) is 3.28. The molecule has 1 aliphatic rings. The minimum absolute atomic E-state index is 0.133. The molecular formula is C28H29FO4. The number of aromatic carboxylic acids is 1. The van der Waals surface area contributed by atoms with Crippen molar-refractivity contribution in [2.45, 2.75) is 44.4 Å². The minimum Gasteiger partial charge on any atom is -0.497 e. The van der Waals surface area contributed by atoms with Crippen LogP contribution in [-0.2, 0) is 31.1 Å². The molecule has 3 aromatic rings. The van der Waals surface area contributed by atoms with Crippen molar-refractivity contribution in [3.63, 3.8) is 0 Å². The molecule has 0 saturated carbocycles. The van der Waals surface area contributed by atoms with Gasteiger partial charge in [0, 0.05) is 6.07 Å². The largest absolute Gasteiger partial charge is 0.497 e. The number of halogens is 1. The first-order chi connectivity index (χ1) is 15.8. The van der Waals surface area contributed by atoms with E-state index >= 15 is 0 Å². The third-order valence-electron chi connectivity index (χ3n) is 6.76. The van der Waals surface area contributed by atoms with Crippen molar-refractivity contribution in [1.82, 2.24) is 0 Å². The van der Waals surface area contributed by atoms with Gasteiger partial charge in [0.25, 0.3) is 0 Å². The molecule has 5 heteroatoms. The topological polar surface area (TPSA) is 55.8 Å². The first-order valence-electron chi connectivity index (χ1n) is 11.2. The van der Waals surface area contributed by atoms with Gasteiger partial charge < -0.3 is 14.6 Å². The molecule has 3 aromatic carbocycles. The SMILES string of the molecule is COc1cc(CC2(C)CCc3c(F)ccc(CCc4ccc(C(=O)O)cc4)c32)cc(OC)c1. The van der Waals surface area contributed by atoms with Crippen LogP contribution < -0.4 is 9.47 Å².